The van der Waals surface area contributed by atoms with Crippen LogP contribution in [0.5, 0.6) is 0 Å². The highest BCUT2D eigenvalue weighted by atomic mass is 16.6. The van der Waals surface area contributed by atoms with E-state index in [4.69, 9.17) is 19.0 Å². The van der Waals surface area contributed by atoms with Gasteiger partial charge in [0.25, 0.3) is 0 Å². The minimum atomic E-state index is -0.515. The van der Waals surface area contributed by atoms with E-state index in [1.807, 2.05) is 33.9 Å². The molecule has 1 amide bonds. The molecule has 0 saturated carbocycles. The zero-order valence-corrected chi connectivity index (χ0v) is 15.1. The van der Waals surface area contributed by atoms with Crippen LogP contribution >= 0.6 is 0 Å². The number of carbonyl (C=O) groups is 1. The first kappa shape index (κ1) is 18.8. The van der Waals surface area contributed by atoms with Gasteiger partial charge in [0.2, 0.25) is 0 Å². The predicted octanol–water partition coefficient (Wildman–Crippen LogP) is 1.84. The van der Waals surface area contributed by atoms with Gasteiger partial charge in [0.05, 0.1) is 25.2 Å². The Kier molecular flexibility index (Phi) is 5.90. The fourth-order valence-corrected chi connectivity index (χ4v) is 2.84. The summed E-state index contributed by atoms with van der Waals surface area (Å²) in [7, 11) is 3.62. The molecule has 2 heterocycles. The van der Waals surface area contributed by atoms with Crippen molar-refractivity contribution >= 4 is 6.09 Å². The SMILES string of the molecule is CO[C@H]1CN(C(=O)OC(C)(C)C)C[C@@H]1N(C)Cc1ccc(CO)o1. The zero-order chi connectivity index (χ0) is 17.9. The molecule has 1 aromatic rings. The third-order valence-electron chi connectivity index (χ3n) is 4.04. The van der Waals surface area contributed by atoms with E-state index in [-0.39, 0.29) is 24.8 Å². The summed E-state index contributed by atoms with van der Waals surface area (Å²) in [4.78, 5) is 16.1. The van der Waals surface area contributed by atoms with E-state index in [1.165, 1.54) is 0 Å². The van der Waals surface area contributed by atoms with Crippen LogP contribution in [-0.4, -0.2) is 66.0 Å². The van der Waals surface area contributed by atoms with Gasteiger partial charge >= 0.3 is 6.09 Å². The van der Waals surface area contributed by atoms with Crippen molar-refractivity contribution in [1.82, 2.24) is 9.80 Å². The maximum Gasteiger partial charge on any atom is 0.410 e. The Balaban J connectivity index is 1.99. The van der Waals surface area contributed by atoms with E-state index in [2.05, 4.69) is 4.90 Å². The van der Waals surface area contributed by atoms with Crippen LogP contribution in [0.3, 0.4) is 0 Å². The van der Waals surface area contributed by atoms with E-state index in [0.717, 1.165) is 5.76 Å². The molecule has 0 unspecified atom stereocenters. The fraction of sp³-hybridized carbons (Fsp3) is 0.706. The Morgan fingerprint density at radius 3 is 2.58 bits per heavy atom. The van der Waals surface area contributed by atoms with Gasteiger partial charge in [0.15, 0.2) is 0 Å². The van der Waals surface area contributed by atoms with E-state index in [0.29, 0.717) is 25.4 Å². The Bertz CT molecular complexity index is 551. The number of hydrogen-bond donors (Lipinski definition) is 1. The lowest BCUT2D eigenvalue weighted by Gasteiger charge is -2.27. The number of aliphatic hydroxyl groups is 1. The number of likely N-dealkylation sites (tertiary alicyclic amines) is 1. The fourth-order valence-electron chi connectivity index (χ4n) is 2.84. The molecular formula is C17H28N2O5. The zero-order valence-electron chi connectivity index (χ0n) is 15.1. The molecule has 1 aromatic heterocycles. The number of nitrogens with zero attached hydrogens (tertiary/aromatic N) is 2. The molecule has 1 N–H and O–H groups in total. The second kappa shape index (κ2) is 7.55. The number of amides is 1. The van der Waals surface area contributed by atoms with Crippen molar-refractivity contribution < 1.29 is 23.8 Å². The van der Waals surface area contributed by atoms with Gasteiger partial charge in [-0.15, -0.1) is 0 Å². The van der Waals surface area contributed by atoms with Crippen LogP contribution in [-0.2, 0) is 22.6 Å². The first-order chi connectivity index (χ1) is 11.2. The third-order valence-corrected chi connectivity index (χ3v) is 4.04. The number of carbonyl (C=O) groups excluding carboxylic acids is 1. The molecule has 0 aromatic carbocycles. The molecule has 2 rings (SSSR count). The second-order valence-corrected chi connectivity index (χ2v) is 7.17. The summed E-state index contributed by atoms with van der Waals surface area (Å²) in [5.41, 5.74) is -0.515. The van der Waals surface area contributed by atoms with Crippen LogP contribution in [0, 0.1) is 0 Å². The normalized spacial score (nSPS) is 21.5. The van der Waals surface area contributed by atoms with E-state index < -0.39 is 5.60 Å². The summed E-state index contributed by atoms with van der Waals surface area (Å²) in [6.07, 6.45) is -0.407. The molecule has 0 radical (unpaired) electrons. The molecule has 2 atom stereocenters. The highest BCUT2D eigenvalue weighted by molar-refractivity contribution is 5.68. The van der Waals surface area contributed by atoms with Crippen LogP contribution in [0.1, 0.15) is 32.3 Å². The number of ether oxygens (including phenoxy) is 2. The summed E-state index contributed by atoms with van der Waals surface area (Å²) in [6.45, 7) is 7.07. The standard InChI is InChI=1S/C17H28N2O5/c1-17(2,3)24-16(21)19-9-14(15(10-19)22-5)18(4)8-12-6-7-13(11-20)23-12/h6-7,14-15,20H,8-11H2,1-5H3/t14-,15-/m0/s1. The van der Waals surface area contributed by atoms with Crippen molar-refractivity contribution in [3.05, 3.63) is 23.7 Å². The molecule has 136 valence electrons. The second-order valence-electron chi connectivity index (χ2n) is 7.17. The Hall–Kier alpha value is -1.57. The molecular weight excluding hydrogens is 312 g/mol. The van der Waals surface area contributed by atoms with Crippen molar-refractivity contribution in [3.63, 3.8) is 0 Å². The quantitative estimate of drug-likeness (QED) is 0.881. The van der Waals surface area contributed by atoms with Gasteiger partial charge in [-0.25, -0.2) is 4.79 Å². The number of likely N-dealkylation sites (N-methyl/N-ethyl adjacent to an activating group) is 1. The number of hydrogen-bond acceptors (Lipinski definition) is 6. The van der Waals surface area contributed by atoms with E-state index in [9.17, 15) is 4.79 Å². The summed E-state index contributed by atoms with van der Waals surface area (Å²) in [5, 5.41) is 9.08. The first-order valence-corrected chi connectivity index (χ1v) is 8.13. The predicted molar refractivity (Wildman–Crippen MR) is 88.5 cm³/mol. The maximum atomic E-state index is 12.3. The van der Waals surface area contributed by atoms with Gasteiger partial charge in [0, 0.05) is 13.7 Å². The third kappa shape index (κ3) is 4.72. The van der Waals surface area contributed by atoms with Crippen molar-refractivity contribution in [3.8, 4) is 0 Å². The van der Waals surface area contributed by atoms with Gasteiger partial charge in [0.1, 0.15) is 23.7 Å². The van der Waals surface area contributed by atoms with Gasteiger partial charge in [-0.3, -0.25) is 4.90 Å². The van der Waals surface area contributed by atoms with Gasteiger partial charge < -0.3 is 23.9 Å². The maximum absolute atomic E-state index is 12.3. The smallest absolute Gasteiger partial charge is 0.410 e. The largest absolute Gasteiger partial charge is 0.462 e. The Morgan fingerprint density at radius 1 is 1.38 bits per heavy atom. The number of methoxy groups -OCH3 is 1. The summed E-state index contributed by atoms with van der Waals surface area (Å²) >= 11 is 0. The van der Waals surface area contributed by atoms with Crippen molar-refractivity contribution in [1.29, 1.82) is 0 Å². The van der Waals surface area contributed by atoms with Gasteiger partial charge in [-0.2, -0.15) is 0 Å². The highest BCUT2D eigenvalue weighted by Gasteiger charge is 2.39. The lowest BCUT2D eigenvalue weighted by atomic mass is 10.2. The Labute approximate surface area is 143 Å². The summed E-state index contributed by atoms with van der Waals surface area (Å²) in [6, 6.07) is 3.66. The number of aliphatic hydroxyl groups excluding tert-OH is 1. The molecule has 1 saturated heterocycles. The average molecular weight is 340 g/mol. The molecule has 1 aliphatic rings. The average Bonchev–Trinajstić information content (AvgIpc) is 3.11. The summed E-state index contributed by atoms with van der Waals surface area (Å²) < 4.78 is 16.5. The topological polar surface area (TPSA) is 75.4 Å². The minimum absolute atomic E-state index is 0.0465. The van der Waals surface area contributed by atoms with Crippen molar-refractivity contribution in [2.75, 3.05) is 27.2 Å². The van der Waals surface area contributed by atoms with Crippen LogP contribution in [0.2, 0.25) is 0 Å². The van der Waals surface area contributed by atoms with Crippen molar-refractivity contribution in [2.45, 2.75) is 51.7 Å². The lowest BCUT2D eigenvalue weighted by Crippen LogP contribution is -2.41. The summed E-state index contributed by atoms with van der Waals surface area (Å²) in [5.74, 6) is 1.32. The molecule has 7 nitrogen and oxygen atoms in total. The van der Waals surface area contributed by atoms with E-state index in [1.54, 1.807) is 18.1 Å². The van der Waals surface area contributed by atoms with Crippen LogP contribution in [0.15, 0.2) is 16.5 Å². The number of furan rings is 1. The molecule has 0 aliphatic carbocycles. The van der Waals surface area contributed by atoms with Crippen LogP contribution in [0.4, 0.5) is 4.79 Å². The van der Waals surface area contributed by atoms with Gasteiger partial charge in [-0.1, -0.05) is 0 Å². The minimum Gasteiger partial charge on any atom is -0.462 e. The molecule has 7 heteroatoms. The monoisotopic (exact) mass is 340 g/mol. The molecule has 0 spiro atoms. The lowest BCUT2D eigenvalue weighted by molar-refractivity contribution is 0.0248. The molecule has 1 aliphatic heterocycles. The number of rotatable bonds is 5. The molecule has 24 heavy (non-hydrogen) atoms. The van der Waals surface area contributed by atoms with Crippen LogP contribution in [0.25, 0.3) is 0 Å². The Morgan fingerprint density at radius 2 is 2.04 bits per heavy atom. The van der Waals surface area contributed by atoms with E-state index >= 15 is 0 Å². The van der Waals surface area contributed by atoms with Crippen molar-refractivity contribution in [2.24, 2.45) is 0 Å². The highest BCUT2D eigenvalue weighted by Crippen LogP contribution is 2.22. The molecule has 0 bridgehead atoms. The molecule has 1 fully saturated rings. The van der Waals surface area contributed by atoms with Crippen LogP contribution < -0.4 is 0 Å². The first-order valence-electron chi connectivity index (χ1n) is 8.13. The van der Waals surface area contributed by atoms with Gasteiger partial charge in [-0.05, 0) is 40.0 Å².